The number of nitrogens with zero attached hydrogens (tertiary/aromatic N) is 3. The minimum Gasteiger partial charge on any atom is -0.454 e. The quantitative estimate of drug-likeness (QED) is 0.595. The predicted octanol–water partition coefficient (Wildman–Crippen LogP) is 5.00. The van der Waals surface area contributed by atoms with Gasteiger partial charge >= 0.3 is 0 Å². The Morgan fingerprint density at radius 3 is 2.43 bits per heavy atom. The van der Waals surface area contributed by atoms with Crippen LogP contribution in [0.25, 0.3) is 0 Å². The van der Waals surface area contributed by atoms with Crippen LogP contribution in [0, 0.1) is 0 Å². The van der Waals surface area contributed by atoms with E-state index in [1.54, 1.807) is 0 Å². The smallest absolute Gasteiger partial charge is 0.231 e. The minimum absolute atomic E-state index is 0.124. The summed E-state index contributed by atoms with van der Waals surface area (Å²) in [4.78, 5) is 14.5. The molecule has 0 spiro atoms. The minimum atomic E-state index is -0.387. The number of carbonyl (C=O) groups is 1. The van der Waals surface area contributed by atoms with Gasteiger partial charge in [-0.05, 0) is 48.5 Å². The maximum atomic E-state index is 12.6. The molecule has 0 aliphatic carbocycles. The van der Waals surface area contributed by atoms with E-state index in [-0.39, 0.29) is 18.7 Å². The Kier molecular flexibility index (Phi) is 4.56. The molecule has 2 aliphatic heterocycles. The van der Waals surface area contributed by atoms with E-state index < -0.39 is 0 Å². The zero-order valence-corrected chi connectivity index (χ0v) is 16.9. The molecule has 2 heterocycles. The molecule has 0 saturated carbocycles. The van der Waals surface area contributed by atoms with Crippen LogP contribution < -0.4 is 19.4 Å². The van der Waals surface area contributed by atoms with Crippen LogP contribution in [0.15, 0.2) is 77.9 Å². The molecule has 30 heavy (non-hydrogen) atoms. The molecule has 0 fully saturated rings. The monoisotopic (exact) mass is 419 g/mol. The number of hydrazone groups is 1. The van der Waals surface area contributed by atoms with E-state index in [4.69, 9.17) is 26.2 Å². The fourth-order valence-electron chi connectivity index (χ4n) is 3.68. The Morgan fingerprint density at radius 2 is 1.70 bits per heavy atom. The van der Waals surface area contributed by atoms with Crippen molar-refractivity contribution in [2.24, 2.45) is 5.10 Å². The summed E-state index contributed by atoms with van der Waals surface area (Å²) in [6, 6.07) is 22.9. The summed E-state index contributed by atoms with van der Waals surface area (Å²) >= 11 is 6.09. The average molecular weight is 420 g/mol. The van der Waals surface area contributed by atoms with Crippen molar-refractivity contribution >= 4 is 34.6 Å². The van der Waals surface area contributed by atoms with Crippen LogP contribution in [0.2, 0.25) is 5.02 Å². The number of rotatable bonds is 4. The van der Waals surface area contributed by atoms with Gasteiger partial charge in [0, 0.05) is 23.2 Å². The van der Waals surface area contributed by atoms with Gasteiger partial charge in [-0.2, -0.15) is 0 Å². The number of para-hydroxylation sites is 1. The third kappa shape index (κ3) is 3.15. The lowest BCUT2D eigenvalue weighted by Gasteiger charge is -2.32. The number of fused-ring (bicyclic) bond motifs is 1. The fourth-order valence-corrected chi connectivity index (χ4v) is 3.80. The summed E-state index contributed by atoms with van der Waals surface area (Å²) < 4.78 is 11.1. The number of amidine groups is 1. The van der Waals surface area contributed by atoms with Gasteiger partial charge in [0.2, 0.25) is 6.79 Å². The van der Waals surface area contributed by atoms with Gasteiger partial charge in [0.25, 0.3) is 0 Å². The van der Waals surface area contributed by atoms with Crippen LogP contribution in [-0.4, -0.2) is 18.4 Å². The highest BCUT2D eigenvalue weighted by Gasteiger charge is 2.39. The molecule has 5 rings (SSSR count). The number of ether oxygens (including phenoxy) is 2. The molecule has 0 amide bonds. The van der Waals surface area contributed by atoms with Crippen molar-refractivity contribution in [1.82, 2.24) is 0 Å². The lowest BCUT2D eigenvalue weighted by Crippen LogP contribution is -2.37. The molecule has 150 valence electrons. The number of hydrogen-bond donors (Lipinski definition) is 0. The summed E-state index contributed by atoms with van der Waals surface area (Å²) in [5, 5.41) is 7.17. The lowest BCUT2D eigenvalue weighted by atomic mass is 10.1. The first-order chi connectivity index (χ1) is 14.6. The summed E-state index contributed by atoms with van der Waals surface area (Å²) in [7, 11) is 0. The number of anilines is 2. The van der Waals surface area contributed by atoms with Crippen molar-refractivity contribution < 1.29 is 14.3 Å². The molecule has 0 saturated heterocycles. The highest BCUT2D eigenvalue weighted by molar-refractivity contribution is 6.44. The average Bonchev–Trinajstić information content (AvgIpc) is 3.39. The van der Waals surface area contributed by atoms with E-state index in [1.807, 2.05) is 82.7 Å². The van der Waals surface area contributed by atoms with Crippen LogP contribution in [-0.2, 0) is 4.79 Å². The number of Topliss-reactive ketones (excluding diaryl/α,β-unsaturated/α-hetero) is 1. The van der Waals surface area contributed by atoms with Gasteiger partial charge in [0.1, 0.15) is 0 Å². The second-order valence-corrected chi connectivity index (χ2v) is 7.43. The van der Waals surface area contributed by atoms with Gasteiger partial charge in [0.15, 0.2) is 29.3 Å². The highest BCUT2D eigenvalue weighted by Crippen LogP contribution is 2.42. The molecule has 1 atom stereocenters. The molecule has 7 heteroatoms. The van der Waals surface area contributed by atoms with Crippen molar-refractivity contribution in [3.63, 3.8) is 0 Å². The van der Waals surface area contributed by atoms with Gasteiger partial charge in [0.05, 0.1) is 5.69 Å². The van der Waals surface area contributed by atoms with Gasteiger partial charge in [-0.1, -0.05) is 35.9 Å². The van der Waals surface area contributed by atoms with Crippen molar-refractivity contribution in [1.29, 1.82) is 0 Å². The maximum absolute atomic E-state index is 12.6. The summed E-state index contributed by atoms with van der Waals surface area (Å²) in [6.07, 6.45) is -0.387. The first-order valence-electron chi connectivity index (χ1n) is 9.50. The molecule has 0 radical (unpaired) electrons. The zero-order chi connectivity index (χ0) is 20.7. The second kappa shape index (κ2) is 7.39. The van der Waals surface area contributed by atoms with Crippen LogP contribution in [0.1, 0.15) is 18.7 Å². The molecule has 0 aromatic heterocycles. The van der Waals surface area contributed by atoms with E-state index in [0.29, 0.717) is 22.4 Å². The van der Waals surface area contributed by atoms with E-state index in [9.17, 15) is 4.79 Å². The molecule has 0 unspecified atom stereocenters. The third-order valence-electron chi connectivity index (χ3n) is 5.04. The highest BCUT2D eigenvalue weighted by atomic mass is 35.5. The van der Waals surface area contributed by atoms with Crippen LogP contribution in [0.3, 0.4) is 0 Å². The van der Waals surface area contributed by atoms with Crippen molar-refractivity contribution in [3.05, 3.63) is 83.4 Å². The first kappa shape index (κ1) is 18.5. The van der Waals surface area contributed by atoms with Crippen molar-refractivity contribution in [2.75, 3.05) is 16.7 Å². The van der Waals surface area contributed by atoms with E-state index in [2.05, 4.69) is 0 Å². The molecule has 3 aromatic rings. The zero-order valence-electron chi connectivity index (χ0n) is 16.2. The SMILES string of the molecule is CC(=O)C1=NN(c2ccc(Cl)cc2)[C@@H](c2ccc3c(c2)OCO3)N1c1ccccc1. The van der Waals surface area contributed by atoms with Gasteiger partial charge in [-0.3, -0.25) is 9.69 Å². The standard InChI is InChI=1S/C23H18ClN3O3/c1-15(28)22-25-27(19-10-8-17(24)9-11-19)23(26(22)18-5-3-2-4-6-18)16-7-12-20-21(13-16)30-14-29-20/h2-13,23H,14H2,1H3/t23-/m0/s1. The largest absolute Gasteiger partial charge is 0.454 e. The topological polar surface area (TPSA) is 54.4 Å². The first-order valence-corrected chi connectivity index (χ1v) is 9.88. The van der Waals surface area contributed by atoms with E-state index in [0.717, 1.165) is 16.9 Å². The molecule has 0 bridgehead atoms. The van der Waals surface area contributed by atoms with Gasteiger partial charge in [-0.15, -0.1) is 5.10 Å². The Bertz CT molecular complexity index is 1130. The molecular weight excluding hydrogens is 402 g/mol. The van der Waals surface area contributed by atoms with Crippen molar-refractivity contribution in [2.45, 2.75) is 13.1 Å². The molecule has 6 nitrogen and oxygen atoms in total. The Labute approximate surface area is 178 Å². The maximum Gasteiger partial charge on any atom is 0.231 e. The van der Waals surface area contributed by atoms with Gasteiger partial charge < -0.3 is 9.47 Å². The fraction of sp³-hybridized carbons (Fsp3) is 0.130. The second-order valence-electron chi connectivity index (χ2n) is 6.99. The normalized spacial score (nSPS) is 17.3. The number of benzene rings is 3. The summed E-state index contributed by atoms with van der Waals surface area (Å²) in [6.45, 7) is 1.72. The van der Waals surface area contributed by atoms with Crippen LogP contribution in [0.5, 0.6) is 11.5 Å². The van der Waals surface area contributed by atoms with Crippen molar-refractivity contribution in [3.8, 4) is 11.5 Å². The number of halogens is 1. The summed E-state index contributed by atoms with van der Waals surface area (Å²) in [5.41, 5.74) is 2.60. The molecule has 0 N–H and O–H groups in total. The third-order valence-corrected chi connectivity index (χ3v) is 5.29. The molecule has 2 aliphatic rings. The molecule has 3 aromatic carbocycles. The van der Waals surface area contributed by atoms with E-state index >= 15 is 0 Å². The van der Waals surface area contributed by atoms with E-state index in [1.165, 1.54) is 6.92 Å². The van der Waals surface area contributed by atoms with Gasteiger partial charge in [-0.25, -0.2) is 5.01 Å². The Balaban J connectivity index is 1.68. The van der Waals surface area contributed by atoms with Crippen LogP contribution in [0.4, 0.5) is 11.4 Å². The Morgan fingerprint density at radius 1 is 0.967 bits per heavy atom. The lowest BCUT2D eigenvalue weighted by molar-refractivity contribution is -0.111. The number of hydrogen-bond acceptors (Lipinski definition) is 6. The predicted molar refractivity (Wildman–Crippen MR) is 116 cm³/mol. The molecular formula is C23H18ClN3O3. The Hall–Kier alpha value is -3.51. The summed E-state index contributed by atoms with van der Waals surface area (Å²) in [5.74, 6) is 1.61. The number of ketones is 1. The number of carbonyl (C=O) groups excluding carboxylic acids is 1. The van der Waals surface area contributed by atoms with Crippen LogP contribution >= 0.6 is 11.6 Å².